The fourth-order valence-electron chi connectivity index (χ4n) is 5.73. The minimum atomic E-state index is 0.0438. The maximum Gasteiger partial charge on any atom is 0.227 e. The van der Waals surface area contributed by atoms with Gasteiger partial charge in [-0.3, -0.25) is 4.79 Å². The van der Waals surface area contributed by atoms with Crippen molar-refractivity contribution >= 4 is 28.4 Å². The molecule has 2 saturated heterocycles. The summed E-state index contributed by atoms with van der Waals surface area (Å²) in [5, 5.41) is 13.1. The van der Waals surface area contributed by atoms with Gasteiger partial charge < -0.3 is 24.8 Å². The number of aromatic nitrogens is 3. The summed E-state index contributed by atoms with van der Waals surface area (Å²) in [6.45, 7) is 4.76. The van der Waals surface area contributed by atoms with Crippen molar-refractivity contribution in [2.75, 3.05) is 49.6 Å². The number of ether oxygens (including phenoxy) is 1. The van der Waals surface area contributed by atoms with Gasteiger partial charge in [0.15, 0.2) is 6.19 Å². The van der Waals surface area contributed by atoms with Crippen LogP contribution in [0, 0.1) is 22.8 Å². The molecule has 3 aliphatic rings. The molecule has 0 unspecified atom stereocenters. The number of nitrogens with zero attached hydrogens (tertiary/aromatic N) is 5. The van der Waals surface area contributed by atoms with Crippen molar-refractivity contribution in [2.24, 2.45) is 11.3 Å². The van der Waals surface area contributed by atoms with Gasteiger partial charge in [0.1, 0.15) is 17.8 Å². The van der Waals surface area contributed by atoms with Gasteiger partial charge in [-0.25, -0.2) is 9.97 Å². The van der Waals surface area contributed by atoms with Crippen molar-refractivity contribution in [3.05, 3.63) is 36.7 Å². The molecule has 3 fully saturated rings. The van der Waals surface area contributed by atoms with Crippen LogP contribution in [0.3, 0.4) is 0 Å². The van der Waals surface area contributed by atoms with Crippen molar-refractivity contribution in [2.45, 2.75) is 25.7 Å². The third-order valence-corrected chi connectivity index (χ3v) is 7.79. The standard InChI is InChI=1S/C26H29N7O2/c27-16-32-14-26(15-32)7-5-19(6-8-26)25(34)30-20-3-1-18(2-4-20)22-13-21-23(31-22)28-17-29-24(21)33-9-11-35-12-10-33/h1-4,13,17,19H,5-12,14-15H2,(H,30,34)(H,28,29,31). The molecular formula is C26H29N7O2. The Bertz CT molecular complexity index is 1260. The largest absolute Gasteiger partial charge is 0.378 e. The number of fused-ring (bicyclic) bond motifs is 1. The van der Waals surface area contributed by atoms with Gasteiger partial charge in [0.25, 0.3) is 0 Å². The molecule has 1 aliphatic carbocycles. The zero-order valence-electron chi connectivity index (χ0n) is 19.7. The molecule has 1 amide bonds. The first-order valence-electron chi connectivity index (χ1n) is 12.3. The van der Waals surface area contributed by atoms with Gasteiger partial charge >= 0.3 is 0 Å². The molecule has 9 nitrogen and oxygen atoms in total. The number of morpholine rings is 1. The summed E-state index contributed by atoms with van der Waals surface area (Å²) in [4.78, 5) is 29.3. The maximum absolute atomic E-state index is 12.9. The van der Waals surface area contributed by atoms with Crippen LogP contribution in [0.2, 0.25) is 0 Å². The van der Waals surface area contributed by atoms with Gasteiger partial charge in [-0.2, -0.15) is 5.26 Å². The number of carbonyl (C=O) groups excluding carboxylic acids is 1. The number of carbonyl (C=O) groups is 1. The van der Waals surface area contributed by atoms with E-state index in [9.17, 15) is 4.79 Å². The van der Waals surface area contributed by atoms with Crippen LogP contribution in [0.5, 0.6) is 0 Å². The third kappa shape index (κ3) is 4.19. The molecule has 180 valence electrons. The lowest BCUT2D eigenvalue weighted by Crippen LogP contribution is -2.55. The number of nitrogens with one attached hydrogen (secondary N) is 2. The number of benzene rings is 1. The number of hydrogen-bond acceptors (Lipinski definition) is 7. The topological polar surface area (TPSA) is 110 Å². The van der Waals surface area contributed by atoms with Crippen LogP contribution in [0.1, 0.15) is 25.7 Å². The van der Waals surface area contributed by atoms with E-state index in [1.54, 1.807) is 6.33 Å². The van der Waals surface area contributed by atoms with Gasteiger partial charge in [-0.05, 0) is 49.4 Å². The van der Waals surface area contributed by atoms with Crippen molar-refractivity contribution in [1.82, 2.24) is 19.9 Å². The van der Waals surface area contributed by atoms with Gasteiger partial charge in [-0.15, -0.1) is 0 Å². The lowest BCUT2D eigenvalue weighted by Gasteiger charge is -2.51. The minimum absolute atomic E-state index is 0.0438. The van der Waals surface area contributed by atoms with E-state index in [0.29, 0.717) is 13.2 Å². The number of nitriles is 1. The summed E-state index contributed by atoms with van der Waals surface area (Å²) in [6.07, 6.45) is 7.66. The smallest absolute Gasteiger partial charge is 0.227 e. The first-order valence-corrected chi connectivity index (χ1v) is 12.3. The molecule has 0 radical (unpaired) electrons. The zero-order valence-corrected chi connectivity index (χ0v) is 19.7. The summed E-state index contributed by atoms with van der Waals surface area (Å²) >= 11 is 0. The van der Waals surface area contributed by atoms with Gasteiger partial charge in [0.05, 0.1) is 18.6 Å². The molecule has 35 heavy (non-hydrogen) atoms. The van der Waals surface area contributed by atoms with Crippen LogP contribution >= 0.6 is 0 Å². The average Bonchev–Trinajstić information content (AvgIpc) is 3.33. The summed E-state index contributed by atoms with van der Waals surface area (Å²) in [6, 6.07) is 10.0. The molecule has 1 spiro atoms. The van der Waals surface area contributed by atoms with Crippen LogP contribution < -0.4 is 10.2 Å². The molecule has 1 saturated carbocycles. The Morgan fingerprint density at radius 3 is 2.60 bits per heavy atom. The number of anilines is 2. The second-order valence-corrected chi connectivity index (χ2v) is 10.0. The lowest BCUT2D eigenvalue weighted by atomic mass is 9.66. The summed E-state index contributed by atoms with van der Waals surface area (Å²) in [5.74, 6) is 1.07. The Labute approximate surface area is 204 Å². The second kappa shape index (κ2) is 8.86. The zero-order chi connectivity index (χ0) is 23.8. The molecule has 0 bridgehead atoms. The number of rotatable bonds is 4. The van der Waals surface area contributed by atoms with E-state index in [4.69, 9.17) is 10.00 Å². The summed E-state index contributed by atoms with van der Waals surface area (Å²) in [5.41, 5.74) is 3.88. The highest BCUT2D eigenvalue weighted by Crippen LogP contribution is 2.45. The third-order valence-electron chi connectivity index (χ3n) is 7.79. The number of amides is 1. The SMILES string of the molecule is N#CN1CC2(CCC(C(=O)Nc3ccc(-c4cc5c(N6CCOCC6)ncnc5[nH]4)cc3)CC2)C1. The normalized spacial score (nSPS) is 20.0. The Hall–Kier alpha value is -3.64. The van der Waals surface area contributed by atoms with E-state index in [0.717, 1.165) is 85.7 Å². The predicted octanol–water partition coefficient (Wildman–Crippen LogP) is 3.37. The van der Waals surface area contributed by atoms with Crippen LogP contribution in [0.4, 0.5) is 11.5 Å². The number of hydrogen-bond donors (Lipinski definition) is 2. The van der Waals surface area contributed by atoms with Crippen molar-refractivity contribution in [3.8, 4) is 17.5 Å². The Balaban J connectivity index is 1.11. The fraction of sp³-hybridized carbons (Fsp3) is 0.462. The van der Waals surface area contributed by atoms with E-state index in [1.165, 1.54) is 0 Å². The Morgan fingerprint density at radius 1 is 1.14 bits per heavy atom. The maximum atomic E-state index is 12.9. The lowest BCUT2D eigenvalue weighted by molar-refractivity contribution is -0.122. The highest BCUT2D eigenvalue weighted by atomic mass is 16.5. The Kier molecular flexibility index (Phi) is 5.53. The second-order valence-electron chi connectivity index (χ2n) is 10.0. The van der Waals surface area contributed by atoms with Crippen LogP contribution in [0.15, 0.2) is 36.7 Å². The van der Waals surface area contributed by atoms with Crippen molar-refractivity contribution < 1.29 is 9.53 Å². The van der Waals surface area contributed by atoms with Crippen molar-refractivity contribution in [3.63, 3.8) is 0 Å². The molecule has 9 heteroatoms. The quantitative estimate of drug-likeness (QED) is 0.561. The molecule has 4 heterocycles. The number of likely N-dealkylation sites (tertiary alicyclic amines) is 1. The molecule has 2 N–H and O–H groups in total. The molecule has 3 aromatic rings. The number of aromatic amines is 1. The van der Waals surface area contributed by atoms with E-state index in [-0.39, 0.29) is 17.2 Å². The van der Waals surface area contributed by atoms with Gasteiger partial charge in [0, 0.05) is 48.9 Å². The molecule has 6 rings (SSSR count). The van der Waals surface area contributed by atoms with E-state index >= 15 is 0 Å². The van der Waals surface area contributed by atoms with Gasteiger partial charge in [0.2, 0.25) is 5.91 Å². The van der Waals surface area contributed by atoms with E-state index in [2.05, 4.69) is 37.4 Å². The summed E-state index contributed by atoms with van der Waals surface area (Å²) < 4.78 is 5.47. The summed E-state index contributed by atoms with van der Waals surface area (Å²) in [7, 11) is 0. The Morgan fingerprint density at radius 2 is 1.89 bits per heavy atom. The average molecular weight is 472 g/mol. The van der Waals surface area contributed by atoms with Crippen LogP contribution in [0.25, 0.3) is 22.3 Å². The van der Waals surface area contributed by atoms with Gasteiger partial charge in [-0.1, -0.05) is 12.1 Å². The highest BCUT2D eigenvalue weighted by Gasteiger charge is 2.46. The van der Waals surface area contributed by atoms with Crippen molar-refractivity contribution in [1.29, 1.82) is 5.26 Å². The predicted molar refractivity (Wildman–Crippen MR) is 133 cm³/mol. The van der Waals surface area contributed by atoms with E-state index < -0.39 is 0 Å². The van der Waals surface area contributed by atoms with Crippen LogP contribution in [-0.2, 0) is 9.53 Å². The molecular weight excluding hydrogens is 442 g/mol. The molecule has 1 aromatic carbocycles. The molecule has 0 atom stereocenters. The monoisotopic (exact) mass is 471 g/mol. The molecule has 2 aromatic heterocycles. The highest BCUT2D eigenvalue weighted by molar-refractivity contribution is 5.94. The molecule has 2 aliphatic heterocycles. The van der Waals surface area contributed by atoms with Crippen LogP contribution in [-0.4, -0.2) is 65.2 Å². The minimum Gasteiger partial charge on any atom is -0.378 e. The number of H-pyrrole nitrogens is 1. The first kappa shape index (κ1) is 21.9. The first-order chi connectivity index (χ1) is 17.1. The van der Waals surface area contributed by atoms with E-state index in [1.807, 2.05) is 29.2 Å². The fourth-order valence-corrected chi connectivity index (χ4v) is 5.73.